The zero-order chi connectivity index (χ0) is 13.7. The van der Waals surface area contributed by atoms with Crippen LogP contribution in [0.2, 0.25) is 0 Å². The van der Waals surface area contributed by atoms with Gasteiger partial charge in [0.15, 0.2) is 6.10 Å². The molecule has 1 rings (SSSR count). The first-order valence-electron chi connectivity index (χ1n) is 5.36. The number of methoxy groups -OCH3 is 1. The van der Waals surface area contributed by atoms with Crippen LogP contribution in [0.1, 0.15) is 23.7 Å². The average Bonchev–Trinajstić information content (AvgIpc) is 2.34. The smallest absolute Gasteiger partial charge is 0.345 e. The van der Waals surface area contributed by atoms with Crippen molar-refractivity contribution in [1.82, 2.24) is 0 Å². The van der Waals surface area contributed by atoms with Crippen molar-refractivity contribution in [3.05, 3.63) is 23.8 Å². The zero-order valence-corrected chi connectivity index (χ0v) is 10.2. The molecule has 0 aromatic heterocycles. The van der Waals surface area contributed by atoms with Crippen LogP contribution in [0.5, 0.6) is 5.75 Å². The molecule has 18 heavy (non-hydrogen) atoms. The summed E-state index contributed by atoms with van der Waals surface area (Å²) >= 11 is 0. The van der Waals surface area contributed by atoms with Gasteiger partial charge >= 0.3 is 11.9 Å². The van der Waals surface area contributed by atoms with Gasteiger partial charge < -0.3 is 20.3 Å². The highest BCUT2D eigenvalue weighted by atomic mass is 16.6. The minimum absolute atomic E-state index is 0.145. The summed E-state index contributed by atoms with van der Waals surface area (Å²) < 4.78 is 9.86. The Morgan fingerprint density at radius 3 is 2.61 bits per heavy atom. The summed E-state index contributed by atoms with van der Waals surface area (Å²) in [7, 11) is 1.39. The Balaban J connectivity index is 2.93. The van der Waals surface area contributed by atoms with Crippen LogP contribution in [0.3, 0.4) is 0 Å². The maximum absolute atomic E-state index is 11.8. The van der Waals surface area contributed by atoms with E-state index in [0.29, 0.717) is 5.69 Å². The Kier molecular flexibility index (Phi) is 4.53. The molecule has 1 aromatic carbocycles. The summed E-state index contributed by atoms with van der Waals surface area (Å²) in [6.45, 7) is 1.62. The third-order valence-electron chi connectivity index (χ3n) is 2.34. The fraction of sp³-hybridized carbons (Fsp3) is 0.333. The summed E-state index contributed by atoms with van der Waals surface area (Å²) in [6, 6.07) is 4.42. The molecule has 0 radical (unpaired) electrons. The fourth-order valence-corrected chi connectivity index (χ4v) is 1.38. The molecule has 0 aliphatic heterocycles. The van der Waals surface area contributed by atoms with E-state index in [4.69, 9.17) is 20.3 Å². The average molecular weight is 253 g/mol. The quantitative estimate of drug-likeness (QED) is 0.606. The van der Waals surface area contributed by atoms with Gasteiger partial charge in [-0.2, -0.15) is 0 Å². The van der Waals surface area contributed by atoms with Gasteiger partial charge in [-0.3, -0.25) is 0 Å². The summed E-state index contributed by atoms with van der Waals surface area (Å²) in [5.74, 6) is -1.68. The highest BCUT2D eigenvalue weighted by molar-refractivity contribution is 5.94. The van der Waals surface area contributed by atoms with Crippen LogP contribution in [0, 0.1) is 0 Å². The lowest BCUT2D eigenvalue weighted by Crippen LogP contribution is -2.26. The van der Waals surface area contributed by atoms with E-state index in [9.17, 15) is 9.59 Å². The van der Waals surface area contributed by atoms with Crippen molar-refractivity contribution in [1.29, 1.82) is 0 Å². The molecule has 0 aliphatic carbocycles. The highest BCUT2D eigenvalue weighted by Crippen LogP contribution is 2.22. The van der Waals surface area contributed by atoms with Crippen LogP contribution in [0.25, 0.3) is 0 Å². The number of aliphatic carboxylic acids is 1. The molecule has 0 saturated heterocycles. The molecule has 6 heteroatoms. The van der Waals surface area contributed by atoms with E-state index in [1.807, 2.05) is 0 Å². The van der Waals surface area contributed by atoms with Crippen LogP contribution in [0.15, 0.2) is 18.2 Å². The van der Waals surface area contributed by atoms with E-state index in [-0.39, 0.29) is 17.7 Å². The van der Waals surface area contributed by atoms with Gasteiger partial charge in [-0.15, -0.1) is 0 Å². The molecular formula is C12H15NO5. The zero-order valence-electron chi connectivity index (χ0n) is 10.2. The molecular weight excluding hydrogens is 238 g/mol. The fourth-order valence-electron chi connectivity index (χ4n) is 1.38. The molecule has 0 bridgehead atoms. The number of ether oxygens (including phenoxy) is 2. The predicted octanol–water partition coefficient (Wildman–Crippen LogP) is 1.30. The Hall–Kier alpha value is -2.24. The van der Waals surface area contributed by atoms with Gasteiger partial charge in [0.05, 0.1) is 7.11 Å². The molecule has 1 unspecified atom stereocenters. The van der Waals surface area contributed by atoms with Crippen molar-refractivity contribution >= 4 is 17.6 Å². The molecule has 3 N–H and O–H groups in total. The number of carbonyl (C=O) groups excluding carboxylic acids is 1. The number of nitrogens with two attached hydrogens (primary N) is 1. The molecule has 1 atom stereocenters. The molecule has 1 aromatic rings. The van der Waals surface area contributed by atoms with Gasteiger partial charge in [0.2, 0.25) is 0 Å². The van der Waals surface area contributed by atoms with Gasteiger partial charge in [-0.05, 0) is 18.6 Å². The second-order valence-electron chi connectivity index (χ2n) is 3.60. The summed E-state index contributed by atoms with van der Waals surface area (Å²) in [6.07, 6.45) is -0.974. The van der Waals surface area contributed by atoms with E-state index in [1.165, 1.54) is 25.3 Å². The first-order valence-corrected chi connectivity index (χ1v) is 5.36. The molecule has 0 saturated carbocycles. The van der Waals surface area contributed by atoms with Crippen LogP contribution in [-0.4, -0.2) is 30.3 Å². The first-order chi connectivity index (χ1) is 8.49. The Bertz CT molecular complexity index is 458. The topological polar surface area (TPSA) is 98.9 Å². The monoisotopic (exact) mass is 253 g/mol. The number of anilines is 1. The van der Waals surface area contributed by atoms with Crippen molar-refractivity contribution in [2.75, 3.05) is 12.8 Å². The number of carboxylic acids is 1. The summed E-state index contributed by atoms with van der Waals surface area (Å²) in [5.41, 5.74) is 6.14. The minimum Gasteiger partial charge on any atom is -0.496 e. The second-order valence-corrected chi connectivity index (χ2v) is 3.60. The van der Waals surface area contributed by atoms with E-state index in [2.05, 4.69) is 0 Å². The molecule has 0 heterocycles. The van der Waals surface area contributed by atoms with E-state index >= 15 is 0 Å². The molecule has 0 fully saturated rings. The molecule has 6 nitrogen and oxygen atoms in total. The number of nitrogen functional groups attached to an aromatic ring is 1. The molecule has 0 amide bonds. The maximum Gasteiger partial charge on any atom is 0.345 e. The third-order valence-corrected chi connectivity index (χ3v) is 2.34. The number of esters is 1. The van der Waals surface area contributed by atoms with Crippen molar-refractivity contribution in [2.24, 2.45) is 0 Å². The predicted molar refractivity (Wildman–Crippen MR) is 64.5 cm³/mol. The molecule has 0 aliphatic rings. The van der Waals surface area contributed by atoms with E-state index in [0.717, 1.165) is 0 Å². The van der Waals surface area contributed by atoms with Crippen molar-refractivity contribution in [2.45, 2.75) is 19.4 Å². The van der Waals surface area contributed by atoms with E-state index < -0.39 is 18.0 Å². The van der Waals surface area contributed by atoms with Gasteiger partial charge in [0, 0.05) is 11.8 Å². The van der Waals surface area contributed by atoms with Crippen LogP contribution in [0.4, 0.5) is 5.69 Å². The highest BCUT2D eigenvalue weighted by Gasteiger charge is 2.23. The van der Waals surface area contributed by atoms with Crippen LogP contribution >= 0.6 is 0 Å². The summed E-state index contributed by atoms with van der Waals surface area (Å²) in [5, 5.41) is 8.81. The Morgan fingerprint density at radius 2 is 2.11 bits per heavy atom. The number of rotatable bonds is 5. The number of benzene rings is 1. The van der Waals surface area contributed by atoms with Crippen molar-refractivity contribution < 1.29 is 24.2 Å². The Labute approximate surface area is 104 Å². The lowest BCUT2D eigenvalue weighted by atomic mass is 10.2. The van der Waals surface area contributed by atoms with Crippen molar-refractivity contribution in [3.63, 3.8) is 0 Å². The molecule has 98 valence electrons. The van der Waals surface area contributed by atoms with Gasteiger partial charge in [0.25, 0.3) is 0 Å². The number of carboxylic acid groups (broad SMARTS) is 1. The minimum atomic E-state index is -1.18. The maximum atomic E-state index is 11.8. The van der Waals surface area contributed by atoms with E-state index in [1.54, 1.807) is 6.92 Å². The van der Waals surface area contributed by atoms with Gasteiger partial charge in [0.1, 0.15) is 11.3 Å². The summed E-state index contributed by atoms with van der Waals surface area (Å²) in [4.78, 5) is 22.6. The van der Waals surface area contributed by atoms with Crippen molar-refractivity contribution in [3.8, 4) is 5.75 Å². The van der Waals surface area contributed by atoms with Gasteiger partial charge in [-0.25, -0.2) is 9.59 Å². The van der Waals surface area contributed by atoms with Crippen LogP contribution in [-0.2, 0) is 9.53 Å². The Morgan fingerprint density at radius 1 is 1.44 bits per heavy atom. The number of hydrogen-bond acceptors (Lipinski definition) is 5. The largest absolute Gasteiger partial charge is 0.496 e. The lowest BCUT2D eigenvalue weighted by molar-refractivity contribution is -0.147. The number of hydrogen-bond donors (Lipinski definition) is 2. The lowest BCUT2D eigenvalue weighted by Gasteiger charge is -2.13. The normalized spacial score (nSPS) is 11.7. The molecule has 0 spiro atoms. The van der Waals surface area contributed by atoms with Gasteiger partial charge in [-0.1, -0.05) is 6.92 Å². The SMILES string of the molecule is CCC(OC(=O)c1ccc(N)cc1OC)C(=O)O. The standard InChI is InChI=1S/C12H15NO5/c1-3-9(11(14)15)18-12(16)8-5-4-7(13)6-10(8)17-2/h4-6,9H,3,13H2,1-2H3,(H,14,15). The van der Waals surface area contributed by atoms with Crippen LogP contribution < -0.4 is 10.5 Å². The number of carbonyl (C=O) groups is 2. The second kappa shape index (κ2) is 5.90. The first kappa shape index (κ1) is 13.8. The third kappa shape index (κ3) is 3.13.